The zero-order valence-electron chi connectivity index (χ0n) is 14.0. The first-order valence-electron chi connectivity index (χ1n) is 7.76. The van der Waals surface area contributed by atoms with Crippen LogP contribution in [-0.4, -0.2) is 29.4 Å². The highest BCUT2D eigenvalue weighted by Gasteiger charge is 2.30. The Bertz CT molecular complexity index is 752. The van der Waals surface area contributed by atoms with Crippen LogP contribution < -0.4 is 10.6 Å². The molecular weight excluding hydrogens is 340 g/mol. The lowest BCUT2D eigenvalue weighted by Gasteiger charge is -2.22. The number of carbonyl (C=O) groups excluding carboxylic acids is 2. The van der Waals surface area contributed by atoms with E-state index in [1.54, 1.807) is 24.3 Å². The topological polar surface area (TPSA) is 95.5 Å². The quantitative estimate of drug-likeness (QED) is 0.707. The summed E-state index contributed by atoms with van der Waals surface area (Å²) < 4.78 is 0. The molecule has 1 aromatic carbocycles. The molecular formula is C18H20N2O4S. The highest BCUT2D eigenvalue weighted by Crippen LogP contribution is 2.28. The molecule has 0 aliphatic carbocycles. The van der Waals surface area contributed by atoms with Gasteiger partial charge >= 0.3 is 5.97 Å². The number of carbonyl (C=O) groups is 3. The van der Waals surface area contributed by atoms with Crippen LogP contribution >= 0.6 is 11.3 Å². The summed E-state index contributed by atoms with van der Waals surface area (Å²) in [5.74, 6) is -1.45. The van der Waals surface area contributed by atoms with Gasteiger partial charge in [0.1, 0.15) is 0 Å². The van der Waals surface area contributed by atoms with Crippen LogP contribution in [0.25, 0.3) is 0 Å². The van der Waals surface area contributed by atoms with Crippen LogP contribution in [0.2, 0.25) is 0 Å². The molecule has 2 aromatic rings. The van der Waals surface area contributed by atoms with Crippen LogP contribution in [0.3, 0.4) is 0 Å². The predicted molar refractivity (Wildman–Crippen MR) is 97.0 cm³/mol. The van der Waals surface area contributed by atoms with E-state index in [1.807, 2.05) is 31.4 Å². The van der Waals surface area contributed by atoms with Gasteiger partial charge in [-0.3, -0.25) is 14.4 Å². The molecule has 0 fully saturated rings. The average Bonchev–Trinajstić information content (AvgIpc) is 3.10. The lowest BCUT2D eigenvalue weighted by atomic mass is 9.90. The fraction of sp³-hybridized carbons (Fsp3) is 0.278. The number of amides is 2. The molecule has 0 atom stereocenters. The van der Waals surface area contributed by atoms with E-state index in [2.05, 4.69) is 10.6 Å². The summed E-state index contributed by atoms with van der Waals surface area (Å²) in [5.41, 5.74) is 0.346. The molecule has 0 spiro atoms. The third-order valence-corrected chi connectivity index (χ3v) is 4.93. The van der Waals surface area contributed by atoms with Crippen LogP contribution in [0.4, 0.5) is 5.69 Å². The standard InChI is InChI=1S/C18H20N2O4S/c1-18(2,14-4-3-11-25-14)17(24)20-13-7-5-12(6-8-13)16(23)19-10-9-15(21)22/h3-8,11H,9-10H2,1-2H3,(H,19,23)(H,20,24)(H,21,22). The van der Waals surface area contributed by atoms with Gasteiger partial charge in [0.15, 0.2) is 0 Å². The Kier molecular flexibility index (Phi) is 5.93. The van der Waals surface area contributed by atoms with Gasteiger partial charge in [-0.1, -0.05) is 6.07 Å². The number of nitrogens with one attached hydrogen (secondary N) is 2. The molecule has 0 aliphatic rings. The summed E-state index contributed by atoms with van der Waals surface area (Å²) in [5, 5.41) is 15.9. The molecule has 1 heterocycles. The molecule has 7 heteroatoms. The van der Waals surface area contributed by atoms with Crippen molar-refractivity contribution in [1.29, 1.82) is 0 Å². The maximum Gasteiger partial charge on any atom is 0.305 e. The second kappa shape index (κ2) is 7.94. The van der Waals surface area contributed by atoms with Gasteiger partial charge in [0, 0.05) is 22.7 Å². The van der Waals surface area contributed by atoms with Gasteiger partial charge in [-0.15, -0.1) is 11.3 Å². The van der Waals surface area contributed by atoms with E-state index in [1.165, 1.54) is 11.3 Å². The Morgan fingerprint density at radius 2 is 1.80 bits per heavy atom. The SMILES string of the molecule is CC(C)(C(=O)Nc1ccc(C(=O)NCCC(=O)O)cc1)c1cccs1. The minimum absolute atomic E-state index is 0.0711. The maximum absolute atomic E-state index is 12.5. The zero-order chi connectivity index (χ0) is 18.4. The molecule has 0 saturated carbocycles. The van der Waals surface area contributed by atoms with E-state index in [9.17, 15) is 14.4 Å². The minimum Gasteiger partial charge on any atom is -0.481 e. The Morgan fingerprint density at radius 1 is 1.12 bits per heavy atom. The van der Waals surface area contributed by atoms with Gasteiger partial charge in [0.2, 0.25) is 5.91 Å². The molecule has 6 nitrogen and oxygen atoms in total. The van der Waals surface area contributed by atoms with Crippen molar-refractivity contribution >= 4 is 34.8 Å². The van der Waals surface area contributed by atoms with Crippen molar-refractivity contribution in [3.63, 3.8) is 0 Å². The van der Waals surface area contributed by atoms with Gasteiger partial charge in [-0.05, 0) is 49.6 Å². The minimum atomic E-state index is -0.966. The molecule has 0 saturated heterocycles. The summed E-state index contributed by atoms with van der Waals surface area (Å²) >= 11 is 1.53. The van der Waals surface area contributed by atoms with E-state index >= 15 is 0 Å². The molecule has 25 heavy (non-hydrogen) atoms. The van der Waals surface area contributed by atoms with Gasteiger partial charge in [0.05, 0.1) is 11.8 Å². The van der Waals surface area contributed by atoms with Gasteiger partial charge in [-0.25, -0.2) is 0 Å². The highest BCUT2D eigenvalue weighted by molar-refractivity contribution is 7.10. The molecule has 2 rings (SSSR count). The van der Waals surface area contributed by atoms with Gasteiger partial charge in [-0.2, -0.15) is 0 Å². The Morgan fingerprint density at radius 3 is 2.36 bits per heavy atom. The number of benzene rings is 1. The van der Waals surface area contributed by atoms with Crippen LogP contribution in [0.1, 0.15) is 35.5 Å². The van der Waals surface area contributed by atoms with Crippen molar-refractivity contribution < 1.29 is 19.5 Å². The molecule has 0 bridgehead atoms. The molecule has 0 unspecified atom stereocenters. The molecule has 2 amide bonds. The second-order valence-electron chi connectivity index (χ2n) is 6.03. The summed E-state index contributed by atoms with van der Waals surface area (Å²) in [4.78, 5) is 35.8. The smallest absolute Gasteiger partial charge is 0.305 e. The lowest BCUT2D eigenvalue weighted by molar-refractivity contribution is -0.136. The van der Waals surface area contributed by atoms with Gasteiger partial charge in [0.25, 0.3) is 5.91 Å². The molecule has 1 aromatic heterocycles. The Balaban J connectivity index is 1.97. The number of anilines is 1. The molecule has 132 valence electrons. The largest absolute Gasteiger partial charge is 0.481 e. The molecule has 3 N–H and O–H groups in total. The fourth-order valence-electron chi connectivity index (χ4n) is 2.12. The first-order chi connectivity index (χ1) is 11.8. The highest BCUT2D eigenvalue weighted by atomic mass is 32.1. The van der Waals surface area contributed by atoms with E-state index in [-0.39, 0.29) is 24.8 Å². The lowest BCUT2D eigenvalue weighted by Crippen LogP contribution is -2.34. The van der Waals surface area contributed by atoms with Crippen LogP contribution in [0.15, 0.2) is 41.8 Å². The van der Waals surface area contributed by atoms with Crippen molar-refractivity contribution in [3.8, 4) is 0 Å². The second-order valence-corrected chi connectivity index (χ2v) is 6.98. The van der Waals surface area contributed by atoms with E-state index in [0.29, 0.717) is 11.3 Å². The van der Waals surface area contributed by atoms with E-state index in [0.717, 1.165) is 4.88 Å². The fourth-order valence-corrected chi connectivity index (χ4v) is 2.97. The monoisotopic (exact) mass is 360 g/mol. The molecule has 0 aliphatic heterocycles. The third kappa shape index (κ3) is 4.90. The van der Waals surface area contributed by atoms with Crippen molar-refractivity contribution in [2.24, 2.45) is 0 Å². The maximum atomic E-state index is 12.5. The number of rotatable bonds is 7. The van der Waals surface area contributed by atoms with Crippen molar-refractivity contribution in [2.75, 3.05) is 11.9 Å². The third-order valence-electron chi connectivity index (χ3n) is 3.73. The summed E-state index contributed by atoms with van der Waals surface area (Å²) in [7, 11) is 0. The number of hydrogen-bond acceptors (Lipinski definition) is 4. The number of carboxylic acid groups (broad SMARTS) is 1. The summed E-state index contributed by atoms with van der Waals surface area (Å²) in [6.07, 6.45) is -0.127. The predicted octanol–water partition coefficient (Wildman–Crippen LogP) is 2.87. The van der Waals surface area contributed by atoms with Crippen molar-refractivity contribution in [3.05, 3.63) is 52.2 Å². The van der Waals surface area contributed by atoms with Crippen LogP contribution in [0, 0.1) is 0 Å². The average molecular weight is 360 g/mol. The van der Waals surface area contributed by atoms with Crippen LogP contribution in [0.5, 0.6) is 0 Å². The number of carboxylic acids is 1. The van der Waals surface area contributed by atoms with E-state index in [4.69, 9.17) is 5.11 Å². The normalized spacial score (nSPS) is 11.0. The zero-order valence-corrected chi connectivity index (χ0v) is 14.9. The Labute approximate surface area is 149 Å². The number of aliphatic carboxylic acids is 1. The van der Waals surface area contributed by atoms with Crippen LogP contribution in [-0.2, 0) is 15.0 Å². The number of thiophene rings is 1. The Hall–Kier alpha value is -2.67. The first-order valence-corrected chi connectivity index (χ1v) is 8.64. The van der Waals surface area contributed by atoms with E-state index < -0.39 is 11.4 Å². The van der Waals surface area contributed by atoms with Crippen molar-refractivity contribution in [2.45, 2.75) is 25.7 Å². The van der Waals surface area contributed by atoms with Gasteiger partial charge < -0.3 is 15.7 Å². The van der Waals surface area contributed by atoms with Crippen molar-refractivity contribution in [1.82, 2.24) is 5.32 Å². The first kappa shape index (κ1) is 18.7. The summed E-state index contributed by atoms with van der Waals surface area (Å²) in [6, 6.07) is 10.3. The summed E-state index contributed by atoms with van der Waals surface area (Å²) in [6.45, 7) is 3.79. The number of hydrogen-bond donors (Lipinski definition) is 3. The molecule has 0 radical (unpaired) electrons.